The molecule has 0 radical (unpaired) electrons. The van der Waals surface area contributed by atoms with Gasteiger partial charge in [-0.3, -0.25) is 50.0 Å². The number of nitro benzene ring substituents is 4. The molecule has 34 heavy (non-hydrogen) atoms. The zero-order chi connectivity index (χ0) is 25.7. The van der Waals surface area contributed by atoms with Gasteiger partial charge in [0.25, 0.3) is 34.6 Å². The molecule has 0 aliphatic rings. The lowest BCUT2D eigenvalue weighted by molar-refractivity contribution is -0.394. The Bertz CT molecular complexity index is 1150. The smallest absolute Gasteiger partial charge is 0.277 e. The fraction of sp³-hybridized carbons (Fsp3) is 0.222. The van der Waals surface area contributed by atoms with Crippen LogP contribution in [0.1, 0.15) is 27.6 Å². The molecule has 16 nitrogen and oxygen atoms in total. The molecule has 178 valence electrons. The standard InChI is InChI=1S/C18H16N6O10/c1-10(19-17(25)11-3-13(21(27)28)7-14(4-11)22(29)30)9-20(2)18(26)12-5-15(23(31)32)8-16(6-12)24(33)34/h3-8,10H,9H2,1-2H3,(H,19,25). The van der Waals surface area contributed by atoms with Gasteiger partial charge in [-0.1, -0.05) is 0 Å². The van der Waals surface area contributed by atoms with Crippen LogP contribution in [0.15, 0.2) is 36.4 Å². The van der Waals surface area contributed by atoms with Crippen LogP contribution < -0.4 is 5.32 Å². The van der Waals surface area contributed by atoms with E-state index in [1.807, 2.05) is 0 Å². The van der Waals surface area contributed by atoms with E-state index in [4.69, 9.17) is 0 Å². The average Bonchev–Trinajstić information content (AvgIpc) is 2.77. The average molecular weight is 476 g/mol. The Morgan fingerprint density at radius 3 is 1.47 bits per heavy atom. The maximum Gasteiger partial charge on any atom is 0.277 e. The first kappa shape index (κ1) is 25.2. The number of likely N-dealkylation sites (N-methyl/N-ethyl adjacent to an activating group) is 1. The lowest BCUT2D eigenvalue weighted by Gasteiger charge is -2.22. The maximum absolute atomic E-state index is 12.6. The Kier molecular flexibility index (Phi) is 7.47. The number of carbonyl (C=O) groups is 2. The normalized spacial score (nSPS) is 11.2. The molecule has 2 amide bonds. The number of non-ortho nitro benzene ring substituents is 4. The van der Waals surface area contributed by atoms with Gasteiger partial charge in [0.15, 0.2) is 0 Å². The SMILES string of the molecule is CC(CN(C)C(=O)c1cc([N+](=O)[O-])cc([N+](=O)[O-])c1)NC(=O)c1cc([N+](=O)[O-])cc([N+](=O)[O-])c1. The van der Waals surface area contributed by atoms with E-state index in [-0.39, 0.29) is 17.7 Å². The van der Waals surface area contributed by atoms with Crippen molar-refractivity contribution < 1.29 is 29.3 Å². The Morgan fingerprint density at radius 1 is 0.765 bits per heavy atom. The van der Waals surface area contributed by atoms with E-state index in [9.17, 15) is 50.0 Å². The molecule has 2 aromatic carbocycles. The molecule has 0 saturated heterocycles. The molecule has 2 rings (SSSR count). The molecule has 2 aromatic rings. The number of carbonyl (C=O) groups excluding carboxylic acids is 2. The van der Waals surface area contributed by atoms with Crippen LogP contribution in [0.5, 0.6) is 0 Å². The van der Waals surface area contributed by atoms with Gasteiger partial charge in [-0.05, 0) is 6.92 Å². The van der Waals surface area contributed by atoms with Crippen LogP contribution >= 0.6 is 0 Å². The third-order valence-corrected chi connectivity index (χ3v) is 4.43. The van der Waals surface area contributed by atoms with Crippen LogP contribution in [0.3, 0.4) is 0 Å². The van der Waals surface area contributed by atoms with Crippen molar-refractivity contribution in [3.05, 3.63) is 88.0 Å². The van der Waals surface area contributed by atoms with Crippen LogP contribution in [0, 0.1) is 40.5 Å². The largest absolute Gasteiger partial charge is 0.348 e. The van der Waals surface area contributed by atoms with Crippen molar-refractivity contribution in [1.82, 2.24) is 10.2 Å². The molecular formula is C18H16N6O10. The molecule has 0 spiro atoms. The van der Waals surface area contributed by atoms with Crippen LogP contribution in [-0.4, -0.2) is 56.0 Å². The van der Waals surface area contributed by atoms with Gasteiger partial charge in [-0.25, -0.2) is 0 Å². The molecule has 0 aliphatic heterocycles. The zero-order valence-corrected chi connectivity index (χ0v) is 17.6. The van der Waals surface area contributed by atoms with Crippen LogP contribution in [-0.2, 0) is 0 Å². The molecular weight excluding hydrogens is 460 g/mol. The minimum atomic E-state index is -0.891. The van der Waals surface area contributed by atoms with Gasteiger partial charge < -0.3 is 10.2 Å². The number of amides is 2. The summed E-state index contributed by atoms with van der Waals surface area (Å²) in [6.07, 6.45) is 0. The van der Waals surface area contributed by atoms with Gasteiger partial charge in [0.1, 0.15) is 0 Å². The molecule has 0 aliphatic carbocycles. The zero-order valence-electron chi connectivity index (χ0n) is 17.6. The second-order valence-corrected chi connectivity index (χ2v) is 7.06. The summed E-state index contributed by atoms with van der Waals surface area (Å²) >= 11 is 0. The van der Waals surface area contributed by atoms with Crippen molar-refractivity contribution in [3.8, 4) is 0 Å². The first-order valence-corrected chi connectivity index (χ1v) is 9.24. The van der Waals surface area contributed by atoms with E-state index in [0.29, 0.717) is 12.1 Å². The highest BCUT2D eigenvalue weighted by Gasteiger charge is 2.24. The van der Waals surface area contributed by atoms with Crippen molar-refractivity contribution >= 4 is 34.6 Å². The predicted molar refractivity (Wildman–Crippen MR) is 113 cm³/mol. The summed E-state index contributed by atoms with van der Waals surface area (Å²) in [6, 6.07) is 4.07. The predicted octanol–water partition coefficient (Wildman–Crippen LogP) is 2.21. The third-order valence-electron chi connectivity index (χ3n) is 4.43. The second kappa shape index (κ2) is 10.1. The van der Waals surface area contributed by atoms with E-state index in [1.54, 1.807) is 0 Å². The fourth-order valence-corrected chi connectivity index (χ4v) is 2.93. The van der Waals surface area contributed by atoms with Crippen molar-refractivity contribution in [2.24, 2.45) is 0 Å². The van der Waals surface area contributed by atoms with E-state index in [2.05, 4.69) is 5.32 Å². The van der Waals surface area contributed by atoms with Gasteiger partial charge in [0, 0.05) is 43.9 Å². The second-order valence-electron chi connectivity index (χ2n) is 7.06. The molecule has 0 heterocycles. The number of nitro groups is 4. The van der Waals surface area contributed by atoms with Crippen molar-refractivity contribution in [1.29, 1.82) is 0 Å². The molecule has 0 saturated carbocycles. The van der Waals surface area contributed by atoms with Crippen LogP contribution in [0.25, 0.3) is 0 Å². The number of nitrogens with zero attached hydrogens (tertiary/aromatic N) is 5. The quantitative estimate of drug-likeness (QED) is 0.410. The van der Waals surface area contributed by atoms with Crippen molar-refractivity contribution in [2.75, 3.05) is 13.6 Å². The van der Waals surface area contributed by atoms with E-state index in [0.717, 1.165) is 29.2 Å². The highest BCUT2D eigenvalue weighted by Crippen LogP contribution is 2.24. The monoisotopic (exact) mass is 476 g/mol. The van der Waals surface area contributed by atoms with Crippen molar-refractivity contribution in [2.45, 2.75) is 13.0 Å². The summed E-state index contributed by atoms with van der Waals surface area (Å²) in [6.45, 7) is 1.29. The number of rotatable bonds is 9. The fourth-order valence-electron chi connectivity index (χ4n) is 2.93. The molecule has 16 heteroatoms. The van der Waals surface area contributed by atoms with Crippen LogP contribution in [0.2, 0.25) is 0 Å². The van der Waals surface area contributed by atoms with E-state index in [1.165, 1.54) is 14.0 Å². The summed E-state index contributed by atoms with van der Waals surface area (Å²) in [4.78, 5) is 66.6. The lowest BCUT2D eigenvalue weighted by atomic mass is 10.1. The third kappa shape index (κ3) is 6.02. The Balaban J connectivity index is 2.18. The number of hydrogen-bond acceptors (Lipinski definition) is 10. The minimum absolute atomic E-state index is 0.169. The number of hydrogen-bond donors (Lipinski definition) is 1. The van der Waals surface area contributed by atoms with Gasteiger partial charge in [0.05, 0.1) is 43.0 Å². The van der Waals surface area contributed by atoms with Crippen LogP contribution in [0.4, 0.5) is 22.7 Å². The summed E-state index contributed by atoms with van der Waals surface area (Å²) < 4.78 is 0. The Labute approximate surface area is 189 Å². The summed E-state index contributed by atoms with van der Waals surface area (Å²) in [5, 5.41) is 46.4. The molecule has 1 atom stereocenters. The molecule has 0 bridgehead atoms. The summed E-state index contributed by atoms with van der Waals surface area (Å²) in [5.41, 5.74) is -3.30. The van der Waals surface area contributed by atoms with Gasteiger partial charge in [-0.2, -0.15) is 0 Å². The highest BCUT2D eigenvalue weighted by molar-refractivity contribution is 5.96. The first-order valence-electron chi connectivity index (χ1n) is 9.24. The number of benzene rings is 2. The van der Waals surface area contributed by atoms with Gasteiger partial charge in [-0.15, -0.1) is 0 Å². The Hall–Kier alpha value is -5.02. The van der Waals surface area contributed by atoms with Crippen molar-refractivity contribution in [3.63, 3.8) is 0 Å². The lowest BCUT2D eigenvalue weighted by Crippen LogP contribution is -2.42. The summed E-state index contributed by atoms with van der Waals surface area (Å²) in [5.74, 6) is -1.69. The maximum atomic E-state index is 12.6. The molecule has 1 N–H and O–H groups in total. The first-order chi connectivity index (χ1) is 15.8. The Morgan fingerprint density at radius 2 is 1.12 bits per heavy atom. The van der Waals surface area contributed by atoms with Gasteiger partial charge in [0.2, 0.25) is 0 Å². The van der Waals surface area contributed by atoms with Gasteiger partial charge >= 0.3 is 0 Å². The highest BCUT2D eigenvalue weighted by atomic mass is 16.6. The summed E-state index contributed by atoms with van der Waals surface area (Å²) in [7, 11) is 1.29. The van der Waals surface area contributed by atoms with E-state index < -0.39 is 60.3 Å². The topological polar surface area (TPSA) is 222 Å². The minimum Gasteiger partial charge on any atom is -0.348 e. The molecule has 0 fully saturated rings. The van der Waals surface area contributed by atoms with E-state index >= 15 is 0 Å². The molecule has 1 unspecified atom stereocenters. The number of nitrogens with one attached hydrogen (secondary N) is 1. The molecule has 0 aromatic heterocycles.